The van der Waals surface area contributed by atoms with Gasteiger partial charge in [-0.05, 0) is 42.9 Å². The summed E-state index contributed by atoms with van der Waals surface area (Å²) in [6, 6.07) is 0. The van der Waals surface area contributed by atoms with Gasteiger partial charge in [-0.25, -0.2) is 0 Å². The van der Waals surface area contributed by atoms with Crippen molar-refractivity contribution in [3.8, 4) is 0 Å². The Bertz CT molecular complexity index is 133. The van der Waals surface area contributed by atoms with Gasteiger partial charge in [0.2, 0.25) is 0 Å². The van der Waals surface area contributed by atoms with Crippen LogP contribution in [0.15, 0.2) is 0 Å². The monoisotopic (exact) mass is 140 g/mol. The van der Waals surface area contributed by atoms with Gasteiger partial charge in [0.1, 0.15) is 0 Å². The van der Waals surface area contributed by atoms with Gasteiger partial charge in [0.25, 0.3) is 0 Å². The Morgan fingerprint density at radius 2 is 2.20 bits per heavy atom. The largest absolute Gasteiger partial charge is 0.396 e. The van der Waals surface area contributed by atoms with Crippen molar-refractivity contribution in [2.75, 3.05) is 6.61 Å². The second-order valence-electron chi connectivity index (χ2n) is 4.04. The van der Waals surface area contributed by atoms with Gasteiger partial charge in [-0.3, -0.25) is 0 Å². The fourth-order valence-corrected chi connectivity index (χ4v) is 2.55. The van der Waals surface area contributed by atoms with Crippen molar-refractivity contribution >= 4 is 0 Å². The van der Waals surface area contributed by atoms with E-state index in [-0.39, 0.29) is 0 Å². The summed E-state index contributed by atoms with van der Waals surface area (Å²) >= 11 is 0. The zero-order valence-corrected chi connectivity index (χ0v) is 6.59. The lowest BCUT2D eigenvalue weighted by Crippen LogP contribution is -2.22. The van der Waals surface area contributed by atoms with E-state index in [1.54, 1.807) is 0 Å². The number of hydrogen-bond donors (Lipinski definition) is 1. The first-order valence-electron chi connectivity index (χ1n) is 4.43. The highest BCUT2D eigenvalue weighted by Crippen LogP contribution is 2.54. The molecule has 2 fully saturated rings. The van der Waals surface area contributed by atoms with Crippen LogP contribution in [0.1, 0.15) is 26.2 Å². The molecule has 1 heteroatoms. The van der Waals surface area contributed by atoms with Crippen molar-refractivity contribution in [2.45, 2.75) is 26.2 Å². The number of rotatable bonds is 1. The fraction of sp³-hybridized carbons (Fsp3) is 1.00. The highest BCUT2D eigenvalue weighted by Gasteiger charge is 2.46. The maximum Gasteiger partial charge on any atom is 0.0461 e. The van der Waals surface area contributed by atoms with Crippen molar-refractivity contribution in [3.63, 3.8) is 0 Å². The van der Waals surface area contributed by atoms with Crippen molar-refractivity contribution < 1.29 is 5.11 Å². The molecule has 0 aromatic carbocycles. The molecule has 0 amide bonds. The van der Waals surface area contributed by atoms with Crippen LogP contribution in [0.5, 0.6) is 0 Å². The van der Waals surface area contributed by atoms with E-state index in [1.807, 2.05) is 0 Å². The van der Waals surface area contributed by atoms with Crippen LogP contribution in [0.2, 0.25) is 0 Å². The molecule has 1 N–H and O–H groups in total. The minimum absolute atomic E-state index is 0.421. The van der Waals surface area contributed by atoms with Gasteiger partial charge in [0.05, 0.1) is 0 Å². The van der Waals surface area contributed by atoms with Crippen LogP contribution in [-0.2, 0) is 0 Å². The SMILES string of the molecule is C[C@H]1[C@@H](CO)CCC2C[C@H]21. The van der Waals surface area contributed by atoms with Gasteiger partial charge in [0, 0.05) is 6.61 Å². The van der Waals surface area contributed by atoms with E-state index >= 15 is 0 Å². The Morgan fingerprint density at radius 3 is 2.90 bits per heavy atom. The Balaban J connectivity index is 1.97. The first kappa shape index (κ1) is 6.66. The van der Waals surface area contributed by atoms with Crippen molar-refractivity contribution in [3.05, 3.63) is 0 Å². The van der Waals surface area contributed by atoms with Crippen LogP contribution in [0, 0.1) is 23.7 Å². The van der Waals surface area contributed by atoms with E-state index < -0.39 is 0 Å². The summed E-state index contributed by atoms with van der Waals surface area (Å²) in [6.07, 6.45) is 4.12. The molecule has 2 aliphatic rings. The van der Waals surface area contributed by atoms with Gasteiger partial charge in [-0.2, -0.15) is 0 Å². The predicted molar refractivity (Wildman–Crippen MR) is 40.6 cm³/mol. The molecule has 10 heavy (non-hydrogen) atoms. The minimum Gasteiger partial charge on any atom is -0.396 e. The molecule has 2 saturated carbocycles. The summed E-state index contributed by atoms with van der Waals surface area (Å²) in [5, 5.41) is 9.00. The number of hydrogen-bond acceptors (Lipinski definition) is 1. The highest BCUT2D eigenvalue weighted by molar-refractivity contribution is 4.96. The second kappa shape index (κ2) is 2.23. The summed E-state index contributed by atoms with van der Waals surface area (Å²) in [5.74, 6) is 3.48. The van der Waals surface area contributed by atoms with Crippen LogP contribution in [0.3, 0.4) is 0 Å². The second-order valence-corrected chi connectivity index (χ2v) is 4.04. The highest BCUT2D eigenvalue weighted by atomic mass is 16.3. The Morgan fingerprint density at radius 1 is 1.40 bits per heavy atom. The third-order valence-electron chi connectivity index (χ3n) is 3.54. The molecular formula is C9H16O. The van der Waals surface area contributed by atoms with Crippen LogP contribution in [-0.4, -0.2) is 11.7 Å². The molecule has 0 heterocycles. The molecule has 1 unspecified atom stereocenters. The van der Waals surface area contributed by atoms with Gasteiger partial charge < -0.3 is 5.11 Å². The van der Waals surface area contributed by atoms with E-state index in [2.05, 4.69) is 6.92 Å². The quantitative estimate of drug-likeness (QED) is 0.587. The van der Waals surface area contributed by atoms with Gasteiger partial charge in [-0.1, -0.05) is 6.92 Å². The standard InChI is InChI=1S/C9H16O/c1-6-8(5-10)3-2-7-4-9(6)7/h6-10H,2-5H2,1H3/t6-,7?,8+,9-/m0/s1. The molecule has 0 bridgehead atoms. The van der Waals surface area contributed by atoms with Crippen LogP contribution in [0.25, 0.3) is 0 Å². The number of fused-ring (bicyclic) bond motifs is 1. The van der Waals surface area contributed by atoms with Gasteiger partial charge in [0.15, 0.2) is 0 Å². The Hall–Kier alpha value is -0.0400. The molecule has 0 aromatic rings. The molecule has 0 radical (unpaired) electrons. The lowest BCUT2D eigenvalue weighted by molar-refractivity contribution is 0.137. The third-order valence-corrected chi connectivity index (χ3v) is 3.54. The molecule has 0 aromatic heterocycles. The summed E-state index contributed by atoms with van der Waals surface area (Å²) in [7, 11) is 0. The van der Waals surface area contributed by atoms with Gasteiger partial charge in [-0.15, -0.1) is 0 Å². The zero-order chi connectivity index (χ0) is 7.14. The smallest absolute Gasteiger partial charge is 0.0461 e. The lowest BCUT2D eigenvalue weighted by Gasteiger charge is -2.26. The summed E-state index contributed by atoms with van der Waals surface area (Å²) in [5.41, 5.74) is 0. The zero-order valence-electron chi connectivity index (χ0n) is 6.59. The summed E-state index contributed by atoms with van der Waals surface area (Å²) in [6.45, 7) is 2.73. The predicted octanol–water partition coefficient (Wildman–Crippen LogP) is 1.66. The molecule has 4 atom stereocenters. The molecule has 0 saturated heterocycles. The summed E-state index contributed by atoms with van der Waals surface area (Å²) < 4.78 is 0. The molecule has 2 aliphatic carbocycles. The van der Waals surface area contributed by atoms with E-state index in [4.69, 9.17) is 5.11 Å². The van der Waals surface area contributed by atoms with Crippen molar-refractivity contribution in [2.24, 2.45) is 23.7 Å². The van der Waals surface area contributed by atoms with E-state index in [0.29, 0.717) is 12.5 Å². The maximum atomic E-state index is 9.00. The molecule has 0 aliphatic heterocycles. The number of aliphatic hydroxyl groups excluding tert-OH is 1. The fourth-order valence-electron chi connectivity index (χ4n) is 2.55. The first-order chi connectivity index (χ1) is 4.83. The Kier molecular flexibility index (Phi) is 1.48. The van der Waals surface area contributed by atoms with Crippen LogP contribution in [0.4, 0.5) is 0 Å². The van der Waals surface area contributed by atoms with Crippen molar-refractivity contribution in [1.82, 2.24) is 0 Å². The average Bonchev–Trinajstić information content (AvgIpc) is 2.68. The first-order valence-corrected chi connectivity index (χ1v) is 4.43. The Labute approximate surface area is 62.4 Å². The summed E-state index contributed by atoms with van der Waals surface area (Å²) in [4.78, 5) is 0. The van der Waals surface area contributed by atoms with Crippen LogP contribution < -0.4 is 0 Å². The topological polar surface area (TPSA) is 20.2 Å². The van der Waals surface area contributed by atoms with E-state index in [1.165, 1.54) is 19.3 Å². The lowest BCUT2D eigenvalue weighted by atomic mass is 9.81. The number of aliphatic hydroxyl groups is 1. The van der Waals surface area contributed by atoms with E-state index in [0.717, 1.165) is 17.8 Å². The van der Waals surface area contributed by atoms with Crippen molar-refractivity contribution in [1.29, 1.82) is 0 Å². The van der Waals surface area contributed by atoms with Crippen LogP contribution >= 0.6 is 0 Å². The molecule has 2 rings (SSSR count). The maximum absolute atomic E-state index is 9.00. The molecule has 1 nitrogen and oxygen atoms in total. The normalized spacial score (nSPS) is 52.2. The van der Waals surface area contributed by atoms with Gasteiger partial charge >= 0.3 is 0 Å². The minimum atomic E-state index is 0.421. The average molecular weight is 140 g/mol. The third kappa shape index (κ3) is 0.878. The molecular weight excluding hydrogens is 124 g/mol. The molecule has 58 valence electrons. The van der Waals surface area contributed by atoms with E-state index in [9.17, 15) is 0 Å². The molecule has 0 spiro atoms.